The predicted molar refractivity (Wildman–Crippen MR) is 77.3 cm³/mol. The van der Waals surface area contributed by atoms with Crippen molar-refractivity contribution in [2.45, 2.75) is 26.4 Å². The van der Waals surface area contributed by atoms with Crippen molar-refractivity contribution in [2.75, 3.05) is 7.05 Å². The molecule has 4 heteroatoms. The van der Waals surface area contributed by atoms with Crippen LogP contribution in [-0.4, -0.2) is 17.1 Å². The lowest BCUT2D eigenvalue weighted by Crippen LogP contribution is -2.21. The van der Waals surface area contributed by atoms with Crippen LogP contribution in [0.5, 0.6) is 0 Å². The Morgan fingerprint density at radius 2 is 2.05 bits per heavy atom. The van der Waals surface area contributed by atoms with Crippen molar-refractivity contribution >= 4 is 11.0 Å². The van der Waals surface area contributed by atoms with Gasteiger partial charge in [0.25, 0.3) is 0 Å². The molecule has 0 saturated heterocycles. The molecule has 0 N–H and O–H groups in total. The molecule has 104 valence electrons. The van der Waals surface area contributed by atoms with Crippen molar-refractivity contribution in [3.63, 3.8) is 0 Å². The zero-order chi connectivity index (χ0) is 14.1. The van der Waals surface area contributed by atoms with E-state index in [9.17, 15) is 0 Å². The van der Waals surface area contributed by atoms with Crippen LogP contribution in [0.1, 0.15) is 30.2 Å². The molecule has 4 nitrogen and oxygen atoms in total. The lowest BCUT2D eigenvalue weighted by Gasteiger charge is -2.21. The van der Waals surface area contributed by atoms with Crippen LogP contribution in [0.25, 0.3) is 11.0 Å². The van der Waals surface area contributed by atoms with E-state index in [-0.39, 0.29) is 6.04 Å². The van der Waals surface area contributed by atoms with E-state index in [0.717, 1.165) is 34.7 Å². The van der Waals surface area contributed by atoms with Crippen LogP contribution >= 0.6 is 0 Å². The Morgan fingerprint density at radius 1 is 1.25 bits per heavy atom. The van der Waals surface area contributed by atoms with Crippen molar-refractivity contribution in [2.24, 2.45) is 0 Å². The smallest absolute Gasteiger partial charge is 0.134 e. The summed E-state index contributed by atoms with van der Waals surface area (Å²) in [5.41, 5.74) is 1.87. The van der Waals surface area contributed by atoms with E-state index in [1.165, 1.54) is 0 Å². The summed E-state index contributed by atoms with van der Waals surface area (Å²) in [6.07, 6.45) is 0. The van der Waals surface area contributed by atoms with Gasteiger partial charge in [0.1, 0.15) is 17.1 Å². The van der Waals surface area contributed by atoms with E-state index in [4.69, 9.17) is 8.94 Å². The fraction of sp³-hybridized carbons (Fsp3) is 0.312. The van der Waals surface area contributed by atoms with Gasteiger partial charge in [-0.05, 0) is 33.0 Å². The molecule has 0 aliphatic rings. The highest BCUT2D eigenvalue weighted by atomic mass is 16.5. The summed E-state index contributed by atoms with van der Waals surface area (Å²) in [6, 6.07) is 12.3. The Kier molecular flexibility index (Phi) is 3.32. The minimum absolute atomic E-state index is 0.180. The van der Waals surface area contributed by atoms with Crippen LogP contribution in [0, 0.1) is 6.92 Å². The second kappa shape index (κ2) is 5.13. The first kappa shape index (κ1) is 12.9. The number of para-hydroxylation sites is 1. The van der Waals surface area contributed by atoms with Gasteiger partial charge in [-0.1, -0.05) is 23.4 Å². The molecule has 2 aromatic heterocycles. The molecule has 3 rings (SSSR count). The van der Waals surface area contributed by atoms with Gasteiger partial charge in [-0.25, -0.2) is 0 Å². The lowest BCUT2D eigenvalue weighted by atomic mass is 10.2. The minimum atomic E-state index is 0.180. The number of hydrogen-bond donors (Lipinski definition) is 0. The average Bonchev–Trinajstić information content (AvgIpc) is 3.03. The van der Waals surface area contributed by atoms with Crippen molar-refractivity contribution < 1.29 is 8.94 Å². The summed E-state index contributed by atoms with van der Waals surface area (Å²) in [4.78, 5) is 2.19. The number of benzene rings is 1. The maximum absolute atomic E-state index is 5.91. The molecule has 20 heavy (non-hydrogen) atoms. The Bertz CT molecular complexity index is 681. The second-order valence-electron chi connectivity index (χ2n) is 5.21. The first-order valence-corrected chi connectivity index (χ1v) is 6.74. The van der Waals surface area contributed by atoms with Gasteiger partial charge in [0.15, 0.2) is 0 Å². The molecule has 0 fully saturated rings. The van der Waals surface area contributed by atoms with Crippen molar-refractivity contribution in [3.8, 4) is 0 Å². The molecule has 1 atom stereocenters. The van der Waals surface area contributed by atoms with Gasteiger partial charge in [0.05, 0.1) is 11.7 Å². The van der Waals surface area contributed by atoms with Gasteiger partial charge in [0, 0.05) is 18.0 Å². The highest BCUT2D eigenvalue weighted by Crippen LogP contribution is 2.27. The van der Waals surface area contributed by atoms with Crippen LogP contribution in [0.3, 0.4) is 0 Å². The topological polar surface area (TPSA) is 42.4 Å². The fourth-order valence-corrected chi connectivity index (χ4v) is 2.31. The third-order valence-corrected chi connectivity index (χ3v) is 3.61. The number of aryl methyl sites for hydroxylation is 1. The van der Waals surface area contributed by atoms with E-state index in [1.54, 1.807) is 0 Å². The number of nitrogens with zero attached hydrogens (tertiary/aromatic N) is 2. The molecular weight excluding hydrogens is 252 g/mol. The van der Waals surface area contributed by atoms with E-state index < -0.39 is 0 Å². The highest BCUT2D eigenvalue weighted by Gasteiger charge is 2.17. The van der Waals surface area contributed by atoms with Gasteiger partial charge in [0.2, 0.25) is 0 Å². The normalized spacial score (nSPS) is 13.2. The SMILES string of the molecule is Cc1cc(CN(C)[C@H](C)c2cc3ccccc3o2)no1. The molecule has 0 unspecified atom stereocenters. The molecule has 0 radical (unpaired) electrons. The maximum atomic E-state index is 5.91. The number of rotatable bonds is 4. The Hall–Kier alpha value is -2.07. The largest absolute Gasteiger partial charge is 0.459 e. The average molecular weight is 270 g/mol. The summed E-state index contributed by atoms with van der Waals surface area (Å²) in [6.45, 7) is 4.76. The highest BCUT2D eigenvalue weighted by molar-refractivity contribution is 5.77. The van der Waals surface area contributed by atoms with Gasteiger partial charge >= 0.3 is 0 Å². The molecule has 0 bridgehead atoms. The summed E-state index contributed by atoms with van der Waals surface area (Å²) in [5.74, 6) is 1.80. The first-order valence-electron chi connectivity index (χ1n) is 6.74. The summed E-state index contributed by atoms with van der Waals surface area (Å²) >= 11 is 0. The zero-order valence-corrected chi connectivity index (χ0v) is 12.0. The molecule has 1 aromatic carbocycles. The van der Waals surface area contributed by atoms with E-state index in [0.29, 0.717) is 0 Å². The van der Waals surface area contributed by atoms with Crippen molar-refractivity contribution in [3.05, 3.63) is 53.6 Å². The number of hydrogen-bond acceptors (Lipinski definition) is 4. The summed E-state index contributed by atoms with van der Waals surface area (Å²) < 4.78 is 11.0. The third kappa shape index (κ3) is 2.47. The maximum Gasteiger partial charge on any atom is 0.134 e. The van der Waals surface area contributed by atoms with Gasteiger partial charge in [-0.2, -0.15) is 0 Å². The number of fused-ring (bicyclic) bond motifs is 1. The van der Waals surface area contributed by atoms with Gasteiger partial charge in [-0.3, -0.25) is 4.90 Å². The number of aromatic nitrogens is 1. The molecule has 0 aliphatic carbocycles. The van der Waals surface area contributed by atoms with Crippen LogP contribution in [0.2, 0.25) is 0 Å². The molecule has 2 heterocycles. The third-order valence-electron chi connectivity index (χ3n) is 3.61. The Morgan fingerprint density at radius 3 is 2.75 bits per heavy atom. The Balaban J connectivity index is 1.78. The fourth-order valence-electron chi connectivity index (χ4n) is 2.31. The summed E-state index contributed by atoms with van der Waals surface area (Å²) in [7, 11) is 2.06. The van der Waals surface area contributed by atoms with Crippen molar-refractivity contribution in [1.82, 2.24) is 10.1 Å². The minimum Gasteiger partial charge on any atom is -0.459 e. The standard InChI is InChI=1S/C16H18N2O2/c1-11-8-14(17-20-11)10-18(3)12(2)16-9-13-6-4-5-7-15(13)19-16/h4-9,12H,10H2,1-3H3/t12-/m1/s1. The predicted octanol–water partition coefficient (Wildman–Crippen LogP) is 3.92. The molecule has 0 aliphatic heterocycles. The first-order chi connectivity index (χ1) is 9.63. The lowest BCUT2D eigenvalue weighted by molar-refractivity contribution is 0.220. The monoisotopic (exact) mass is 270 g/mol. The quantitative estimate of drug-likeness (QED) is 0.720. The molecular formula is C16H18N2O2. The van der Waals surface area contributed by atoms with Crippen LogP contribution in [0.4, 0.5) is 0 Å². The van der Waals surface area contributed by atoms with Crippen LogP contribution in [0.15, 0.2) is 45.3 Å². The van der Waals surface area contributed by atoms with Crippen LogP contribution in [-0.2, 0) is 6.54 Å². The van der Waals surface area contributed by atoms with E-state index >= 15 is 0 Å². The molecule has 0 saturated carbocycles. The summed E-state index contributed by atoms with van der Waals surface area (Å²) in [5, 5.41) is 5.17. The zero-order valence-electron chi connectivity index (χ0n) is 12.0. The Labute approximate surface area is 118 Å². The molecule has 0 spiro atoms. The molecule has 0 amide bonds. The van der Waals surface area contributed by atoms with Gasteiger partial charge in [-0.15, -0.1) is 0 Å². The van der Waals surface area contributed by atoms with Gasteiger partial charge < -0.3 is 8.94 Å². The van der Waals surface area contributed by atoms with Crippen LogP contribution < -0.4 is 0 Å². The van der Waals surface area contributed by atoms with E-state index in [1.807, 2.05) is 31.2 Å². The van der Waals surface area contributed by atoms with E-state index in [2.05, 4.69) is 36.2 Å². The second-order valence-corrected chi connectivity index (χ2v) is 5.21. The number of furan rings is 1. The molecule has 3 aromatic rings. The van der Waals surface area contributed by atoms with Crippen molar-refractivity contribution in [1.29, 1.82) is 0 Å².